The van der Waals surface area contributed by atoms with Gasteiger partial charge in [0.1, 0.15) is 5.60 Å². The van der Waals surface area contributed by atoms with Gasteiger partial charge >= 0.3 is 6.09 Å². The fraction of sp³-hybridized carbons (Fsp3) is 0.714. The summed E-state index contributed by atoms with van der Waals surface area (Å²) in [6.07, 6.45) is 2.97. The van der Waals surface area contributed by atoms with Gasteiger partial charge in [-0.05, 0) is 37.5 Å². The standard InChI is InChI=1S/C14H24N4O3/c1-5-10-8-15-18-17-12(10)7-11(9-19)16-13(20)21-14(3,4)6-2/h8,11,19H,5-7,9H2,1-4H3,(H,16,20). The lowest BCUT2D eigenvalue weighted by atomic mass is 10.1. The first kappa shape index (κ1) is 17.3. The van der Waals surface area contributed by atoms with E-state index in [1.54, 1.807) is 6.20 Å². The molecule has 1 atom stereocenters. The molecule has 2 N–H and O–H groups in total. The van der Waals surface area contributed by atoms with E-state index in [2.05, 4.69) is 20.7 Å². The highest BCUT2D eigenvalue weighted by atomic mass is 16.6. The number of hydrogen-bond acceptors (Lipinski definition) is 6. The molecule has 0 aromatic carbocycles. The number of amides is 1. The van der Waals surface area contributed by atoms with E-state index in [1.807, 2.05) is 27.7 Å². The van der Waals surface area contributed by atoms with Crippen molar-refractivity contribution in [2.24, 2.45) is 0 Å². The van der Waals surface area contributed by atoms with E-state index in [1.165, 1.54) is 0 Å². The SMILES string of the molecule is CCc1cnnnc1CC(CO)NC(=O)OC(C)(C)CC. The quantitative estimate of drug-likeness (QED) is 0.786. The van der Waals surface area contributed by atoms with Gasteiger partial charge in [-0.15, -0.1) is 10.2 Å². The monoisotopic (exact) mass is 296 g/mol. The summed E-state index contributed by atoms with van der Waals surface area (Å²) in [7, 11) is 0. The van der Waals surface area contributed by atoms with E-state index in [0.717, 1.165) is 17.7 Å². The number of alkyl carbamates (subject to hydrolysis) is 1. The molecule has 1 aromatic heterocycles. The molecule has 118 valence electrons. The van der Waals surface area contributed by atoms with Crippen LogP contribution in [0, 0.1) is 0 Å². The number of nitrogens with zero attached hydrogens (tertiary/aromatic N) is 3. The van der Waals surface area contributed by atoms with E-state index in [-0.39, 0.29) is 6.61 Å². The number of aliphatic hydroxyl groups excluding tert-OH is 1. The average Bonchev–Trinajstić information content (AvgIpc) is 2.46. The molecule has 0 fully saturated rings. The van der Waals surface area contributed by atoms with Crippen molar-refractivity contribution in [2.75, 3.05) is 6.61 Å². The Hall–Kier alpha value is -1.76. The van der Waals surface area contributed by atoms with Crippen LogP contribution < -0.4 is 5.32 Å². The van der Waals surface area contributed by atoms with Gasteiger partial charge in [0, 0.05) is 6.42 Å². The van der Waals surface area contributed by atoms with Crippen molar-refractivity contribution in [3.05, 3.63) is 17.5 Å². The topological polar surface area (TPSA) is 97.2 Å². The zero-order valence-electron chi connectivity index (χ0n) is 13.1. The first-order chi connectivity index (χ1) is 9.91. The van der Waals surface area contributed by atoms with E-state index in [4.69, 9.17) is 4.74 Å². The highest BCUT2D eigenvalue weighted by Gasteiger charge is 2.23. The van der Waals surface area contributed by atoms with Gasteiger partial charge in [0.05, 0.1) is 24.5 Å². The number of aromatic nitrogens is 3. The lowest BCUT2D eigenvalue weighted by Gasteiger charge is -2.25. The third-order valence-corrected chi connectivity index (χ3v) is 3.38. The molecule has 1 rings (SSSR count). The van der Waals surface area contributed by atoms with E-state index in [0.29, 0.717) is 12.8 Å². The Morgan fingerprint density at radius 2 is 2.19 bits per heavy atom. The zero-order chi connectivity index (χ0) is 15.9. The number of carbonyl (C=O) groups excluding carboxylic acids is 1. The van der Waals surface area contributed by atoms with Crippen molar-refractivity contribution in [1.82, 2.24) is 20.7 Å². The number of ether oxygens (including phenoxy) is 1. The van der Waals surface area contributed by atoms with Gasteiger partial charge in [0.25, 0.3) is 0 Å². The second-order valence-corrected chi connectivity index (χ2v) is 5.49. The molecule has 1 amide bonds. The summed E-state index contributed by atoms with van der Waals surface area (Å²) in [5, 5.41) is 23.4. The third-order valence-electron chi connectivity index (χ3n) is 3.38. The number of carbonyl (C=O) groups is 1. The predicted molar refractivity (Wildman–Crippen MR) is 77.8 cm³/mol. The molecule has 0 aliphatic heterocycles. The normalized spacial score (nSPS) is 12.8. The van der Waals surface area contributed by atoms with Crippen LogP contribution in [-0.2, 0) is 17.6 Å². The molecule has 0 spiro atoms. The Labute approximate surface area is 125 Å². The van der Waals surface area contributed by atoms with Gasteiger partial charge in [-0.25, -0.2) is 4.79 Å². The average molecular weight is 296 g/mol. The molecule has 21 heavy (non-hydrogen) atoms. The van der Waals surface area contributed by atoms with Crippen LogP contribution in [0.5, 0.6) is 0 Å². The Bertz CT molecular complexity index is 465. The highest BCUT2D eigenvalue weighted by Crippen LogP contribution is 2.14. The van der Waals surface area contributed by atoms with E-state index in [9.17, 15) is 9.90 Å². The maximum absolute atomic E-state index is 11.8. The molecule has 1 aromatic rings. The molecule has 1 heterocycles. The molecule has 7 heteroatoms. The van der Waals surface area contributed by atoms with Crippen LogP contribution in [0.25, 0.3) is 0 Å². The third kappa shape index (κ3) is 5.63. The predicted octanol–water partition coefficient (Wildman–Crippen LogP) is 1.25. The fourth-order valence-corrected chi connectivity index (χ4v) is 1.70. The van der Waals surface area contributed by atoms with Crippen LogP contribution in [0.1, 0.15) is 45.4 Å². The van der Waals surface area contributed by atoms with Gasteiger partial charge in [-0.1, -0.05) is 13.8 Å². The Morgan fingerprint density at radius 1 is 1.48 bits per heavy atom. The van der Waals surface area contributed by atoms with Gasteiger partial charge in [-0.2, -0.15) is 0 Å². The summed E-state index contributed by atoms with van der Waals surface area (Å²) in [6, 6.07) is -0.466. The maximum Gasteiger partial charge on any atom is 0.407 e. The summed E-state index contributed by atoms with van der Waals surface area (Å²) in [4.78, 5) is 11.8. The lowest BCUT2D eigenvalue weighted by Crippen LogP contribution is -2.43. The molecule has 1 unspecified atom stereocenters. The summed E-state index contributed by atoms with van der Waals surface area (Å²) < 4.78 is 5.30. The maximum atomic E-state index is 11.8. The second-order valence-electron chi connectivity index (χ2n) is 5.49. The van der Waals surface area contributed by atoms with Crippen molar-refractivity contribution in [2.45, 2.75) is 58.6 Å². The molecule has 0 saturated carbocycles. The van der Waals surface area contributed by atoms with Crippen molar-refractivity contribution in [1.29, 1.82) is 0 Å². The van der Waals surface area contributed by atoms with Crippen LogP contribution in [0.4, 0.5) is 4.79 Å². The minimum atomic E-state index is -0.541. The molecule has 0 saturated heterocycles. The first-order valence-corrected chi connectivity index (χ1v) is 7.18. The summed E-state index contributed by atoms with van der Waals surface area (Å²) in [6.45, 7) is 7.40. The van der Waals surface area contributed by atoms with Gasteiger partial charge in [0.15, 0.2) is 0 Å². The van der Waals surface area contributed by atoms with Crippen LogP contribution >= 0.6 is 0 Å². The minimum Gasteiger partial charge on any atom is -0.444 e. The highest BCUT2D eigenvalue weighted by molar-refractivity contribution is 5.68. The summed E-state index contributed by atoms with van der Waals surface area (Å²) in [5.41, 5.74) is 1.14. The molecular formula is C14H24N4O3. The van der Waals surface area contributed by atoms with Gasteiger partial charge in [0.2, 0.25) is 0 Å². The number of aliphatic hydroxyl groups is 1. The van der Waals surface area contributed by atoms with Crippen molar-refractivity contribution in [3.8, 4) is 0 Å². The van der Waals surface area contributed by atoms with E-state index >= 15 is 0 Å². The molecule has 0 aliphatic carbocycles. The second kappa shape index (κ2) is 7.87. The number of rotatable bonds is 7. The van der Waals surface area contributed by atoms with E-state index < -0.39 is 17.7 Å². The molecule has 0 bridgehead atoms. The molecular weight excluding hydrogens is 272 g/mol. The lowest BCUT2D eigenvalue weighted by molar-refractivity contribution is 0.0325. The minimum absolute atomic E-state index is 0.200. The first-order valence-electron chi connectivity index (χ1n) is 7.18. The fourth-order valence-electron chi connectivity index (χ4n) is 1.70. The smallest absolute Gasteiger partial charge is 0.407 e. The van der Waals surface area contributed by atoms with Crippen molar-refractivity contribution < 1.29 is 14.6 Å². The van der Waals surface area contributed by atoms with Crippen LogP contribution in [0.2, 0.25) is 0 Å². The molecule has 7 nitrogen and oxygen atoms in total. The Morgan fingerprint density at radius 3 is 2.76 bits per heavy atom. The zero-order valence-corrected chi connectivity index (χ0v) is 13.1. The number of nitrogens with one attached hydrogen (secondary N) is 1. The molecule has 0 radical (unpaired) electrons. The Balaban J connectivity index is 2.65. The van der Waals surface area contributed by atoms with Crippen LogP contribution in [-0.4, -0.2) is 44.9 Å². The van der Waals surface area contributed by atoms with Gasteiger partial charge in [-0.3, -0.25) is 0 Å². The van der Waals surface area contributed by atoms with Gasteiger partial charge < -0.3 is 15.2 Å². The molecule has 0 aliphatic rings. The number of hydrogen-bond donors (Lipinski definition) is 2. The van der Waals surface area contributed by atoms with Crippen LogP contribution in [0.15, 0.2) is 6.20 Å². The van der Waals surface area contributed by atoms with Crippen molar-refractivity contribution >= 4 is 6.09 Å². The van der Waals surface area contributed by atoms with Crippen molar-refractivity contribution in [3.63, 3.8) is 0 Å². The summed E-state index contributed by atoms with van der Waals surface area (Å²) in [5.74, 6) is 0. The summed E-state index contributed by atoms with van der Waals surface area (Å²) >= 11 is 0. The number of aryl methyl sites for hydroxylation is 1. The van der Waals surface area contributed by atoms with Crippen LogP contribution in [0.3, 0.4) is 0 Å². The Kier molecular flexibility index (Phi) is 6.48. The largest absolute Gasteiger partial charge is 0.444 e.